The van der Waals surface area contributed by atoms with E-state index in [-0.39, 0.29) is 0 Å². The zero-order chi connectivity index (χ0) is 9.59. The maximum atomic E-state index is 11.0. The summed E-state index contributed by atoms with van der Waals surface area (Å²) in [5.74, 6) is -0.299. The highest BCUT2D eigenvalue weighted by Gasteiger charge is 2.32. The van der Waals surface area contributed by atoms with Gasteiger partial charge in [-0.15, -0.1) is 11.3 Å². The fourth-order valence-corrected chi connectivity index (χ4v) is 3.64. The molecule has 70 valence electrons. The molecule has 13 heavy (non-hydrogen) atoms. The van der Waals surface area contributed by atoms with Gasteiger partial charge < -0.3 is 5.11 Å². The first kappa shape index (κ1) is 9.21. The second-order valence-electron chi connectivity index (χ2n) is 3.30. The van der Waals surface area contributed by atoms with E-state index in [4.69, 9.17) is 5.11 Å². The second-order valence-corrected chi connectivity index (χ2v) is 5.84. The van der Waals surface area contributed by atoms with Gasteiger partial charge in [-0.3, -0.25) is 0 Å². The maximum Gasteiger partial charge on any atom is 0.338 e. The number of carbonyl (C=O) groups is 1. The van der Waals surface area contributed by atoms with Crippen LogP contribution in [0.15, 0.2) is 3.79 Å². The van der Waals surface area contributed by atoms with Crippen molar-refractivity contribution in [2.75, 3.05) is 0 Å². The SMILES string of the molecule is Cc1sc(Br)c(C(=O)O)c1C1CC1. The van der Waals surface area contributed by atoms with Gasteiger partial charge in [0.15, 0.2) is 0 Å². The number of aryl methyl sites for hydroxylation is 1. The first-order valence-electron chi connectivity index (χ1n) is 4.13. The highest BCUT2D eigenvalue weighted by molar-refractivity contribution is 9.11. The van der Waals surface area contributed by atoms with E-state index < -0.39 is 5.97 Å². The average Bonchev–Trinajstić information content (AvgIpc) is 2.77. The third-order valence-electron chi connectivity index (χ3n) is 2.29. The summed E-state index contributed by atoms with van der Waals surface area (Å²) in [6.45, 7) is 2.00. The Morgan fingerprint density at radius 3 is 2.69 bits per heavy atom. The van der Waals surface area contributed by atoms with Crippen molar-refractivity contribution in [1.29, 1.82) is 0 Å². The van der Waals surface area contributed by atoms with E-state index in [1.54, 1.807) is 0 Å². The molecule has 2 rings (SSSR count). The topological polar surface area (TPSA) is 37.3 Å². The lowest BCUT2D eigenvalue weighted by molar-refractivity contribution is 0.0695. The van der Waals surface area contributed by atoms with Crippen LogP contribution < -0.4 is 0 Å². The molecule has 0 unspecified atom stereocenters. The van der Waals surface area contributed by atoms with E-state index in [1.807, 2.05) is 6.92 Å². The minimum Gasteiger partial charge on any atom is -0.478 e. The third kappa shape index (κ3) is 1.53. The molecule has 2 nitrogen and oxygen atoms in total. The van der Waals surface area contributed by atoms with Crippen molar-refractivity contribution >= 4 is 33.2 Å². The van der Waals surface area contributed by atoms with Gasteiger partial charge in [-0.05, 0) is 47.2 Å². The van der Waals surface area contributed by atoms with Crippen LogP contribution in [0.1, 0.15) is 39.6 Å². The second kappa shape index (κ2) is 3.10. The van der Waals surface area contributed by atoms with Gasteiger partial charge in [0.1, 0.15) is 0 Å². The van der Waals surface area contributed by atoms with E-state index >= 15 is 0 Å². The molecule has 1 aromatic heterocycles. The molecule has 0 radical (unpaired) electrons. The molecule has 1 aliphatic carbocycles. The predicted molar refractivity (Wildman–Crippen MR) is 55.7 cm³/mol. The molecule has 0 saturated heterocycles. The Balaban J connectivity index is 2.56. The molecule has 0 bridgehead atoms. The van der Waals surface area contributed by atoms with Crippen molar-refractivity contribution in [1.82, 2.24) is 0 Å². The summed E-state index contributed by atoms with van der Waals surface area (Å²) in [4.78, 5) is 12.1. The molecule has 1 heterocycles. The van der Waals surface area contributed by atoms with Crippen LogP contribution in [0, 0.1) is 6.92 Å². The minimum absolute atomic E-state index is 0.491. The number of carboxylic acid groups (broad SMARTS) is 1. The zero-order valence-corrected chi connectivity index (χ0v) is 9.54. The Labute approximate surface area is 88.7 Å². The summed E-state index contributed by atoms with van der Waals surface area (Å²) >= 11 is 4.83. The normalized spacial score (nSPS) is 16.2. The molecule has 0 atom stereocenters. The largest absolute Gasteiger partial charge is 0.478 e. The van der Waals surface area contributed by atoms with Crippen LogP contribution in [-0.4, -0.2) is 11.1 Å². The van der Waals surface area contributed by atoms with Gasteiger partial charge in [-0.25, -0.2) is 4.79 Å². The number of hydrogen-bond acceptors (Lipinski definition) is 2. The monoisotopic (exact) mass is 260 g/mol. The van der Waals surface area contributed by atoms with Crippen LogP contribution in [0.4, 0.5) is 0 Å². The van der Waals surface area contributed by atoms with Crippen LogP contribution in [0.2, 0.25) is 0 Å². The van der Waals surface area contributed by atoms with Crippen LogP contribution in [0.25, 0.3) is 0 Å². The lowest BCUT2D eigenvalue weighted by atomic mass is 10.1. The van der Waals surface area contributed by atoms with Crippen molar-refractivity contribution in [3.05, 3.63) is 19.8 Å². The number of rotatable bonds is 2. The van der Waals surface area contributed by atoms with Gasteiger partial charge >= 0.3 is 5.97 Å². The van der Waals surface area contributed by atoms with Crippen LogP contribution in [0.3, 0.4) is 0 Å². The maximum absolute atomic E-state index is 11.0. The molecule has 0 amide bonds. The number of thiophene rings is 1. The van der Waals surface area contributed by atoms with Crippen LogP contribution in [-0.2, 0) is 0 Å². The Morgan fingerprint density at radius 2 is 2.23 bits per heavy atom. The third-order valence-corrected chi connectivity index (χ3v) is 4.08. The van der Waals surface area contributed by atoms with E-state index in [0.29, 0.717) is 11.5 Å². The summed E-state index contributed by atoms with van der Waals surface area (Å²) in [7, 11) is 0. The van der Waals surface area contributed by atoms with Gasteiger partial charge in [0, 0.05) is 4.88 Å². The molecule has 0 aromatic carbocycles. The van der Waals surface area contributed by atoms with E-state index in [9.17, 15) is 4.79 Å². The Kier molecular flexibility index (Phi) is 2.20. The molecule has 1 fully saturated rings. The molecule has 1 N–H and O–H groups in total. The minimum atomic E-state index is -0.807. The molecule has 1 saturated carbocycles. The highest BCUT2D eigenvalue weighted by Crippen LogP contribution is 2.47. The van der Waals surface area contributed by atoms with Crippen LogP contribution >= 0.6 is 27.3 Å². The molecule has 0 spiro atoms. The van der Waals surface area contributed by atoms with Crippen molar-refractivity contribution in [2.24, 2.45) is 0 Å². The Hall–Kier alpha value is -0.350. The van der Waals surface area contributed by atoms with Crippen molar-refractivity contribution in [3.8, 4) is 0 Å². The van der Waals surface area contributed by atoms with Crippen molar-refractivity contribution in [2.45, 2.75) is 25.7 Å². The lowest BCUT2D eigenvalue weighted by Gasteiger charge is -1.98. The predicted octanol–water partition coefficient (Wildman–Crippen LogP) is 3.39. The number of hydrogen-bond donors (Lipinski definition) is 1. The molecule has 0 aliphatic heterocycles. The number of carboxylic acids is 1. The smallest absolute Gasteiger partial charge is 0.338 e. The van der Waals surface area contributed by atoms with Crippen molar-refractivity contribution in [3.63, 3.8) is 0 Å². The standard InChI is InChI=1S/C9H9BrO2S/c1-4-6(5-2-3-5)7(9(11)12)8(10)13-4/h5H,2-3H2,1H3,(H,11,12). The summed E-state index contributed by atoms with van der Waals surface area (Å²) in [6, 6.07) is 0. The summed E-state index contributed by atoms with van der Waals surface area (Å²) in [5.41, 5.74) is 1.55. The highest BCUT2D eigenvalue weighted by atomic mass is 79.9. The van der Waals surface area contributed by atoms with Gasteiger partial charge in [0.05, 0.1) is 9.35 Å². The van der Waals surface area contributed by atoms with E-state index in [2.05, 4.69) is 15.9 Å². The van der Waals surface area contributed by atoms with Crippen LogP contribution in [0.5, 0.6) is 0 Å². The van der Waals surface area contributed by atoms with E-state index in [0.717, 1.165) is 27.1 Å². The quantitative estimate of drug-likeness (QED) is 0.885. The van der Waals surface area contributed by atoms with Gasteiger partial charge in [-0.1, -0.05) is 0 Å². The van der Waals surface area contributed by atoms with Gasteiger partial charge in [0.25, 0.3) is 0 Å². The summed E-state index contributed by atoms with van der Waals surface area (Å²) in [6.07, 6.45) is 2.29. The van der Waals surface area contributed by atoms with Crippen molar-refractivity contribution < 1.29 is 9.90 Å². The fourth-order valence-electron chi connectivity index (χ4n) is 1.59. The molecule has 1 aliphatic rings. The first-order chi connectivity index (χ1) is 6.11. The summed E-state index contributed by atoms with van der Waals surface area (Å²) < 4.78 is 0.763. The number of halogens is 1. The van der Waals surface area contributed by atoms with E-state index in [1.165, 1.54) is 11.3 Å². The Morgan fingerprint density at radius 1 is 1.62 bits per heavy atom. The average molecular weight is 261 g/mol. The fraction of sp³-hybridized carbons (Fsp3) is 0.444. The summed E-state index contributed by atoms with van der Waals surface area (Å²) in [5, 5.41) is 9.01. The first-order valence-corrected chi connectivity index (χ1v) is 5.74. The van der Waals surface area contributed by atoms with Gasteiger partial charge in [0.2, 0.25) is 0 Å². The molecular formula is C9H9BrO2S. The Bertz CT molecular complexity index is 366. The zero-order valence-electron chi connectivity index (χ0n) is 7.13. The molecule has 4 heteroatoms. The molecule has 1 aromatic rings. The van der Waals surface area contributed by atoms with Gasteiger partial charge in [-0.2, -0.15) is 0 Å². The molecular weight excluding hydrogens is 252 g/mol. The number of aromatic carboxylic acids is 1. The lowest BCUT2D eigenvalue weighted by Crippen LogP contribution is -1.99.